The van der Waals surface area contributed by atoms with Crippen LogP contribution in [0.5, 0.6) is 0 Å². The van der Waals surface area contributed by atoms with Gasteiger partial charge in [0.2, 0.25) is 5.91 Å². The van der Waals surface area contributed by atoms with Crippen LogP contribution in [0.1, 0.15) is 56.8 Å². The highest BCUT2D eigenvalue weighted by Gasteiger charge is 2.22. The molecule has 0 bridgehead atoms. The van der Waals surface area contributed by atoms with Crippen LogP contribution in [0.3, 0.4) is 0 Å². The van der Waals surface area contributed by atoms with Crippen molar-refractivity contribution in [3.63, 3.8) is 0 Å². The zero-order chi connectivity index (χ0) is 14.5. The molecule has 2 aliphatic rings. The van der Waals surface area contributed by atoms with Crippen molar-refractivity contribution < 1.29 is 4.79 Å². The molecular formula is C14H23N5OS. The van der Waals surface area contributed by atoms with E-state index < -0.39 is 0 Å². The number of carbonyl (C=O) groups excluding carboxylic acids is 1. The van der Waals surface area contributed by atoms with E-state index in [1.165, 1.54) is 32.1 Å². The van der Waals surface area contributed by atoms with Crippen molar-refractivity contribution in [2.45, 2.75) is 56.7 Å². The smallest absolute Gasteiger partial charge is 0.232 e. The summed E-state index contributed by atoms with van der Waals surface area (Å²) in [5.41, 5.74) is 0. The fourth-order valence-corrected chi connectivity index (χ4v) is 4.04. The van der Waals surface area contributed by atoms with Crippen LogP contribution in [0.25, 0.3) is 0 Å². The lowest BCUT2D eigenvalue weighted by molar-refractivity contribution is -0.129. The molecule has 0 spiro atoms. The first-order valence-corrected chi connectivity index (χ1v) is 9.12. The third kappa shape index (κ3) is 3.75. The largest absolute Gasteiger partial charge is 0.342 e. The first-order chi connectivity index (χ1) is 10.3. The Kier molecular flexibility index (Phi) is 5.11. The summed E-state index contributed by atoms with van der Waals surface area (Å²) in [6.07, 6.45) is 8.44. The van der Waals surface area contributed by atoms with Gasteiger partial charge >= 0.3 is 0 Å². The van der Waals surface area contributed by atoms with Crippen molar-refractivity contribution in [3.05, 3.63) is 5.82 Å². The summed E-state index contributed by atoms with van der Waals surface area (Å²) in [5, 5.41) is 12.1. The molecule has 6 nitrogen and oxygen atoms in total. The number of tetrazole rings is 1. The first kappa shape index (κ1) is 14.8. The van der Waals surface area contributed by atoms with E-state index in [9.17, 15) is 4.79 Å². The maximum atomic E-state index is 12.1. The molecule has 2 fully saturated rings. The Morgan fingerprint density at radius 3 is 2.67 bits per heavy atom. The minimum atomic E-state index is 0.264. The fourth-order valence-electron chi connectivity index (χ4n) is 3.20. The molecule has 21 heavy (non-hydrogen) atoms. The van der Waals surface area contributed by atoms with E-state index in [1.54, 1.807) is 11.8 Å². The molecule has 1 aliphatic heterocycles. The van der Waals surface area contributed by atoms with Gasteiger partial charge < -0.3 is 4.90 Å². The van der Waals surface area contributed by atoms with E-state index in [0.29, 0.717) is 11.8 Å². The third-order valence-corrected chi connectivity index (χ3v) is 5.31. The van der Waals surface area contributed by atoms with Crippen molar-refractivity contribution in [2.24, 2.45) is 0 Å². The maximum Gasteiger partial charge on any atom is 0.232 e. The number of thioether (sulfide) groups is 1. The molecule has 0 N–H and O–H groups in total. The standard InChI is InChI=1S/C14H23N5OS/c20-14(18-8-4-1-5-9-18)11-21-10-13-15-16-17-19(13)12-6-2-3-7-12/h12H,1-11H2. The average molecular weight is 309 g/mol. The Bertz CT molecular complexity index is 466. The number of hydrogen-bond acceptors (Lipinski definition) is 5. The van der Waals surface area contributed by atoms with Gasteiger partial charge in [-0.3, -0.25) is 4.79 Å². The number of amides is 1. The van der Waals surface area contributed by atoms with Gasteiger partial charge in [-0.2, -0.15) is 0 Å². The molecule has 0 unspecified atom stereocenters. The Hall–Kier alpha value is -1.11. The quantitative estimate of drug-likeness (QED) is 0.833. The molecule has 3 rings (SSSR count). The number of hydrogen-bond donors (Lipinski definition) is 0. The van der Waals surface area contributed by atoms with Crippen LogP contribution in [0.4, 0.5) is 0 Å². The number of carbonyl (C=O) groups is 1. The molecule has 0 radical (unpaired) electrons. The molecular weight excluding hydrogens is 286 g/mol. The summed E-state index contributed by atoms with van der Waals surface area (Å²) in [5.74, 6) is 2.44. The van der Waals surface area contributed by atoms with Crippen molar-refractivity contribution in [1.82, 2.24) is 25.1 Å². The lowest BCUT2D eigenvalue weighted by Gasteiger charge is -2.26. The second kappa shape index (κ2) is 7.24. The van der Waals surface area contributed by atoms with Crippen LogP contribution in [-0.2, 0) is 10.5 Å². The monoisotopic (exact) mass is 309 g/mol. The highest BCUT2D eigenvalue weighted by molar-refractivity contribution is 7.99. The van der Waals surface area contributed by atoms with E-state index in [1.807, 2.05) is 9.58 Å². The minimum Gasteiger partial charge on any atom is -0.342 e. The predicted octanol–water partition coefficient (Wildman–Crippen LogP) is 2.03. The normalized spacial score (nSPS) is 20.1. The lowest BCUT2D eigenvalue weighted by atomic mass is 10.1. The molecule has 2 heterocycles. The van der Waals surface area contributed by atoms with Gasteiger partial charge in [-0.15, -0.1) is 16.9 Å². The maximum absolute atomic E-state index is 12.1. The second-order valence-corrected chi connectivity index (χ2v) is 6.90. The number of aromatic nitrogens is 4. The van der Waals surface area contributed by atoms with Crippen LogP contribution in [0.15, 0.2) is 0 Å². The Balaban J connectivity index is 1.47. The van der Waals surface area contributed by atoms with E-state index in [-0.39, 0.29) is 5.91 Å². The Morgan fingerprint density at radius 1 is 1.14 bits per heavy atom. The molecule has 1 aromatic heterocycles. The van der Waals surface area contributed by atoms with Crippen molar-refractivity contribution >= 4 is 17.7 Å². The predicted molar refractivity (Wildman–Crippen MR) is 81.9 cm³/mol. The van der Waals surface area contributed by atoms with Gasteiger partial charge in [0.05, 0.1) is 17.5 Å². The van der Waals surface area contributed by atoms with Crippen molar-refractivity contribution in [3.8, 4) is 0 Å². The minimum absolute atomic E-state index is 0.264. The average Bonchev–Trinajstić information content (AvgIpc) is 3.18. The van der Waals surface area contributed by atoms with Crippen LogP contribution < -0.4 is 0 Å². The van der Waals surface area contributed by atoms with Gasteiger partial charge in [-0.25, -0.2) is 4.68 Å². The van der Waals surface area contributed by atoms with Crippen LogP contribution in [0.2, 0.25) is 0 Å². The fraction of sp³-hybridized carbons (Fsp3) is 0.857. The van der Waals surface area contributed by atoms with Crippen LogP contribution in [0, 0.1) is 0 Å². The van der Waals surface area contributed by atoms with Gasteiger partial charge in [-0.05, 0) is 42.5 Å². The van der Waals surface area contributed by atoms with E-state index >= 15 is 0 Å². The van der Waals surface area contributed by atoms with Crippen LogP contribution in [-0.4, -0.2) is 49.9 Å². The summed E-state index contributed by atoms with van der Waals surface area (Å²) in [6.45, 7) is 1.86. The summed E-state index contributed by atoms with van der Waals surface area (Å²) in [7, 11) is 0. The zero-order valence-corrected chi connectivity index (χ0v) is 13.2. The van der Waals surface area contributed by atoms with E-state index in [0.717, 1.165) is 37.5 Å². The van der Waals surface area contributed by atoms with Crippen LogP contribution >= 0.6 is 11.8 Å². The highest BCUT2D eigenvalue weighted by atomic mass is 32.2. The summed E-state index contributed by atoms with van der Waals surface area (Å²) in [6, 6.07) is 0.466. The van der Waals surface area contributed by atoms with Crippen molar-refractivity contribution in [2.75, 3.05) is 18.8 Å². The number of piperidine rings is 1. The topological polar surface area (TPSA) is 63.9 Å². The number of rotatable bonds is 5. The van der Waals surface area contributed by atoms with Gasteiger partial charge in [0.15, 0.2) is 5.82 Å². The third-order valence-electron chi connectivity index (χ3n) is 4.40. The number of likely N-dealkylation sites (tertiary alicyclic amines) is 1. The molecule has 1 aromatic rings. The molecule has 0 atom stereocenters. The molecule has 1 amide bonds. The summed E-state index contributed by atoms with van der Waals surface area (Å²) >= 11 is 1.63. The Morgan fingerprint density at radius 2 is 1.90 bits per heavy atom. The molecule has 116 valence electrons. The summed E-state index contributed by atoms with van der Waals surface area (Å²) < 4.78 is 1.98. The lowest BCUT2D eigenvalue weighted by Crippen LogP contribution is -2.36. The van der Waals surface area contributed by atoms with E-state index in [2.05, 4.69) is 15.5 Å². The van der Waals surface area contributed by atoms with Gasteiger partial charge in [0.25, 0.3) is 0 Å². The van der Waals surface area contributed by atoms with Gasteiger partial charge in [0.1, 0.15) is 0 Å². The first-order valence-electron chi connectivity index (χ1n) is 7.97. The molecule has 1 saturated carbocycles. The second-order valence-electron chi connectivity index (χ2n) is 5.91. The zero-order valence-electron chi connectivity index (χ0n) is 12.4. The highest BCUT2D eigenvalue weighted by Crippen LogP contribution is 2.29. The molecule has 7 heteroatoms. The van der Waals surface area contributed by atoms with Gasteiger partial charge in [-0.1, -0.05) is 12.8 Å². The SMILES string of the molecule is O=C(CSCc1nnnn1C1CCCC1)N1CCCCC1. The summed E-state index contributed by atoms with van der Waals surface area (Å²) in [4.78, 5) is 14.1. The number of nitrogens with zero attached hydrogens (tertiary/aromatic N) is 5. The van der Waals surface area contributed by atoms with E-state index in [4.69, 9.17) is 0 Å². The van der Waals surface area contributed by atoms with Crippen molar-refractivity contribution in [1.29, 1.82) is 0 Å². The molecule has 1 aliphatic carbocycles. The Labute approximate surface area is 129 Å². The van der Waals surface area contributed by atoms with Gasteiger partial charge in [0, 0.05) is 13.1 Å². The molecule has 1 saturated heterocycles. The molecule has 0 aromatic carbocycles.